The summed E-state index contributed by atoms with van der Waals surface area (Å²) < 4.78 is 0. The lowest BCUT2D eigenvalue weighted by Gasteiger charge is -2.36. The second-order valence-electron chi connectivity index (χ2n) is 7.73. The highest BCUT2D eigenvalue weighted by atomic mass is 127. The third-order valence-electron chi connectivity index (χ3n) is 5.12. The number of thiazole rings is 1. The fraction of sp³-hybridized carbons (Fsp3) is 0.500. The molecule has 1 N–H and O–H groups in total. The molecule has 0 bridgehead atoms. The van der Waals surface area contributed by atoms with Gasteiger partial charge in [-0.15, -0.1) is 35.3 Å². The molecule has 0 spiro atoms. The van der Waals surface area contributed by atoms with Crippen LogP contribution in [-0.2, 0) is 17.6 Å². The number of nitrogens with one attached hydrogen (secondary N) is 1. The number of aliphatic imine (C=N–C) groups is 1. The van der Waals surface area contributed by atoms with Crippen molar-refractivity contribution in [3.8, 4) is 0 Å². The van der Waals surface area contributed by atoms with Crippen molar-refractivity contribution in [3.63, 3.8) is 0 Å². The molecule has 1 fully saturated rings. The Morgan fingerprint density at radius 1 is 1.26 bits per heavy atom. The zero-order chi connectivity index (χ0) is 21.5. The van der Waals surface area contributed by atoms with Gasteiger partial charge in [0, 0.05) is 62.5 Å². The zero-order valence-electron chi connectivity index (χ0n) is 18.3. The van der Waals surface area contributed by atoms with Crippen molar-refractivity contribution in [2.24, 2.45) is 4.99 Å². The van der Waals surface area contributed by atoms with Gasteiger partial charge in [-0.2, -0.15) is 0 Å². The van der Waals surface area contributed by atoms with Gasteiger partial charge >= 0.3 is 0 Å². The maximum absolute atomic E-state index is 12.6. The lowest BCUT2D eigenvalue weighted by atomic mass is 10.1. The molecule has 0 unspecified atom stereocenters. The van der Waals surface area contributed by atoms with E-state index in [1.54, 1.807) is 18.4 Å². The number of benzene rings is 1. The van der Waals surface area contributed by atoms with Gasteiger partial charge in [0.25, 0.3) is 0 Å². The highest BCUT2D eigenvalue weighted by Crippen LogP contribution is 2.19. The number of amides is 1. The molecule has 6 nitrogen and oxygen atoms in total. The molecule has 0 radical (unpaired) electrons. The molecule has 1 aromatic heterocycles. The molecule has 1 aromatic carbocycles. The molecule has 2 aromatic rings. The second-order valence-corrected chi connectivity index (χ2v) is 9.06. The van der Waals surface area contributed by atoms with Crippen LogP contribution in [0.3, 0.4) is 0 Å². The summed E-state index contributed by atoms with van der Waals surface area (Å²) in [5.41, 5.74) is 2.08. The zero-order valence-corrected chi connectivity index (χ0v) is 22.2. The maximum Gasteiger partial charge on any atom is 0.227 e. The highest BCUT2D eigenvalue weighted by molar-refractivity contribution is 14.0. The van der Waals surface area contributed by atoms with E-state index in [0.29, 0.717) is 30.5 Å². The van der Waals surface area contributed by atoms with Gasteiger partial charge in [-0.25, -0.2) is 4.98 Å². The molecule has 1 aliphatic rings. The average molecular weight is 576 g/mol. The standard InChI is InChI=1S/C22H30ClN5OS.HI/c1-16(2)21-26-19(15-30-21)7-8-25-22(24-3)28-11-9-27(10-12-28)20(29)14-17-5-4-6-18(23)13-17;/h4-6,13,15-16H,7-12,14H2,1-3H3,(H,24,25);1H. The maximum atomic E-state index is 12.6. The van der Waals surface area contributed by atoms with Crippen molar-refractivity contribution in [1.29, 1.82) is 0 Å². The van der Waals surface area contributed by atoms with E-state index in [1.807, 2.05) is 29.2 Å². The number of halogens is 2. The first-order valence-corrected chi connectivity index (χ1v) is 11.6. The Hall–Kier alpha value is -1.39. The van der Waals surface area contributed by atoms with Crippen molar-refractivity contribution in [1.82, 2.24) is 20.1 Å². The van der Waals surface area contributed by atoms with Crippen LogP contribution in [0.15, 0.2) is 34.6 Å². The smallest absolute Gasteiger partial charge is 0.227 e. The lowest BCUT2D eigenvalue weighted by Crippen LogP contribution is -2.54. The number of hydrogen-bond donors (Lipinski definition) is 1. The van der Waals surface area contributed by atoms with Crippen LogP contribution in [0.1, 0.15) is 36.0 Å². The van der Waals surface area contributed by atoms with Gasteiger partial charge in [0.15, 0.2) is 5.96 Å². The minimum Gasteiger partial charge on any atom is -0.356 e. The number of guanidine groups is 1. The van der Waals surface area contributed by atoms with E-state index < -0.39 is 0 Å². The Kier molecular flexibility index (Phi) is 10.5. The van der Waals surface area contributed by atoms with E-state index in [0.717, 1.165) is 43.3 Å². The first kappa shape index (κ1) is 25.9. The Bertz CT molecular complexity index is 880. The van der Waals surface area contributed by atoms with Crippen LogP contribution < -0.4 is 5.32 Å². The quantitative estimate of drug-likeness (QED) is 0.321. The largest absolute Gasteiger partial charge is 0.356 e. The van der Waals surface area contributed by atoms with Gasteiger partial charge in [0.2, 0.25) is 5.91 Å². The summed E-state index contributed by atoms with van der Waals surface area (Å²) in [4.78, 5) is 25.9. The molecular weight excluding hydrogens is 545 g/mol. The number of hydrogen-bond acceptors (Lipinski definition) is 4. The van der Waals surface area contributed by atoms with Gasteiger partial charge in [-0.1, -0.05) is 37.6 Å². The predicted octanol–water partition coefficient (Wildman–Crippen LogP) is 4.04. The molecule has 9 heteroatoms. The molecule has 1 saturated heterocycles. The van der Waals surface area contributed by atoms with E-state index in [2.05, 4.69) is 39.4 Å². The fourth-order valence-electron chi connectivity index (χ4n) is 3.44. The molecule has 1 amide bonds. The topological polar surface area (TPSA) is 60.8 Å². The third-order valence-corrected chi connectivity index (χ3v) is 6.54. The van der Waals surface area contributed by atoms with Gasteiger partial charge in [0.1, 0.15) is 0 Å². The van der Waals surface area contributed by atoms with Crippen molar-refractivity contribution in [3.05, 3.63) is 50.9 Å². The predicted molar refractivity (Wildman–Crippen MR) is 140 cm³/mol. The highest BCUT2D eigenvalue weighted by Gasteiger charge is 2.23. The molecule has 170 valence electrons. The van der Waals surface area contributed by atoms with Crippen LogP contribution in [0.4, 0.5) is 0 Å². The molecule has 0 aliphatic carbocycles. The molecule has 3 rings (SSSR count). The monoisotopic (exact) mass is 575 g/mol. The van der Waals surface area contributed by atoms with E-state index in [1.165, 1.54) is 5.01 Å². The van der Waals surface area contributed by atoms with E-state index in [9.17, 15) is 4.79 Å². The van der Waals surface area contributed by atoms with Gasteiger partial charge in [-0.3, -0.25) is 9.79 Å². The van der Waals surface area contributed by atoms with Gasteiger partial charge in [-0.05, 0) is 17.7 Å². The Balaban J connectivity index is 0.00000341. The first-order chi connectivity index (χ1) is 14.5. The van der Waals surface area contributed by atoms with Crippen molar-refractivity contribution < 1.29 is 4.79 Å². The minimum absolute atomic E-state index is 0. The van der Waals surface area contributed by atoms with Crippen molar-refractivity contribution in [2.45, 2.75) is 32.6 Å². The van der Waals surface area contributed by atoms with Crippen molar-refractivity contribution in [2.75, 3.05) is 39.8 Å². The van der Waals surface area contributed by atoms with Crippen LogP contribution in [0.25, 0.3) is 0 Å². The summed E-state index contributed by atoms with van der Waals surface area (Å²) in [6.07, 6.45) is 1.26. The Morgan fingerprint density at radius 2 is 1.97 bits per heavy atom. The number of aromatic nitrogens is 1. The molecule has 0 atom stereocenters. The minimum atomic E-state index is 0. The summed E-state index contributed by atoms with van der Waals surface area (Å²) in [7, 11) is 1.80. The number of piperazine rings is 1. The van der Waals surface area contributed by atoms with E-state index in [-0.39, 0.29) is 29.9 Å². The summed E-state index contributed by atoms with van der Waals surface area (Å²) >= 11 is 7.75. The van der Waals surface area contributed by atoms with Crippen LogP contribution in [-0.4, -0.2) is 66.4 Å². The summed E-state index contributed by atoms with van der Waals surface area (Å²) in [5, 5.41) is 7.43. The third kappa shape index (κ3) is 7.61. The van der Waals surface area contributed by atoms with Crippen LogP contribution >= 0.6 is 46.9 Å². The van der Waals surface area contributed by atoms with Crippen LogP contribution in [0, 0.1) is 0 Å². The van der Waals surface area contributed by atoms with E-state index >= 15 is 0 Å². The van der Waals surface area contributed by atoms with Gasteiger partial charge in [0.05, 0.1) is 17.1 Å². The normalized spacial score (nSPS) is 14.5. The van der Waals surface area contributed by atoms with E-state index in [4.69, 9.17) is 11.6 Å². The first-order valence-electron chi connectivity index (χ1n) is 10.4. The molecule has 31 heavy (non-hydrogen) atoms. The lowest BCUT2D eigenvalue weighted by molar-refractivity contribution is -0.131. The fourth-order valence-corrected chi connectivity index (χ4v) is 4.52. The number of carbonyl (C=O) groups excluding carboxylic acids is 1. The van der Waals surface area contributed by atoms with Crippen LogP contribution in [0.5, 0.6) is 0 Å². The summed E-state index contributed by atoms with van der Waals surface area (Å²) in [5.74, 6) is 1.50. The van der Waals surface area contributed by atoms with Crippen molar-refractivity contribution >= 4 is 58.8 Å². The average Bonchev–Trinajstić information content (AvgIpc) is 3.21. The summed E-state index contributed by atoms with van der Waals surface area (Å²) in [6, 6.07) is 7.50. The number of carbonyl (C=O) groups is 1. The second kappa shape index (κ2) is 12.6. The molecule has 1 aliphatic heterocycles. The number of nitrogens with zero attached hydrogens (tertiary/aromatic N) is 4. The number of rotatable bonds is 6. The molecule has 0 saturated carbocycles. The summed E-state index contributed by atoms with van der Waals surface area (Å²) in [6.45, 7) is 8.07. The SMILES string of the molecule is CN=C(NCCc1csc(C(C)C)n1)N1CCN(C(=O)Cc2cccc(Cl)c2)CC1.I. The molecule has 2 heterocycles. The van der Waals surface area contributed by atoms with Crippen LogP contribution in [0.2, 0.25) is 5.02 Å². The molecular formula is C22H31ClIN5OS. The van der Waals surface area contributed by atoms with Gasteiger partial charge < -0.3 is 15.1 Å². The Morgan fingerprint density at radius 3 is 2.58 bits per heavy atom. The Labute approximate surface area is 211 Å².